The molecule has 1 heterocycles. The van der Waals surface area contributed by atoms with Gasteiger partial charge in [-0.3, -0.25) is 9.48 Å². The molecule has 1 amide bonds. The lowest BCUT2D eigenvalue weighted by molar-refractivity contribution is 0.102. The summed E-state index contributed by atoms with van der Waals surface area (Å²) in [6, 6.07) is 12.2. The van der Waals surface area contributed by atoms with E-state index in [0.29, 0.717) is 22.0 Å². The summed E-state index contributed by atoms with van der Waals surface area (Å²) in [5.41, 5.74) is 11.9. The van der Waals surface area contributed by atoms with Crippen molar-refractivity contribution in [1.82, 2.24) is 9.78 Å². The number of halogens is 1. The van der Waals surface area contributed by atoms with Crippen LogP contribution in [0.3, 0.4) is 0 Å². The molecule has 128 valence electrons. The van der Waals surface area contributed by atoms with Crippen molar-refractivity contribution in [2.45, 2.75) is 13.8 Å². The van der Waals surface area contributed by atoms with Crippen molar-refractivity contribution >= 4 is 28.9 Å². The Hall–Kier alpha value is -2.79. The summed E-state index contributed by atoms with van der Waals surface area (Å²) >= 11 is 5.85. The smallest absolute Gasteiger partial charge is 0.255 e. The highest BCUT2D eigenvalue weighted by molar-refractivity contribution is 6.30. The predicted molar refractivity (Wildman–Crippen MR) is 102 cm³/mol. The molecule has 3 rings (SSSR count). The molecule has 0 bridgehead atoms. The first kappa shape index (κ1) is 17.0. The normalized spacial score (nSPS) is 10.7. The first-order valence-corrected chi connectivity index (χ1v) is 8.21. The standard InChI is InChI=1S/C19H19ClN4O/c1-11-18(12(2)24(3)23-11)16-9-8-15(10-17(16)21)22-19(25)13-4-6-14(20)7-5-13/h4-10H,21H2,1-3H3,(H,22,25). The molecule has 0 saturated carbocycles. The van der Waals surface area contributed by atoms with Gasteiger partial charge in [0.1, 0.15) is 0 Å². The van der Waals surface area contributed by atoms with E-state index in [2.05, 4.69) is 10.4 Å². The van der Waals surface area contributed by atoms with E-state index in [9.17, 15) is 4.79 Å². The molecule has 0 aliphatic heterocycles. The average molecular weight is 355 g/mol. The van der Waals surface area contributed by atoms with Gasteiger partial charge in [-0.25, -0.2) is 0 Å². The van der Waals surface area contributed by atoms with Gasteiger partial charge in [0.25, 0.3) is 5.91 Å². The maximum Gasteiger partial charge on any atom is 0.255 e. The van der Waals surface area contributed by atoms with Gasteiger partial charge in [-0.2, -0.15) is 5.10 Å². The highest BCUT2D eigenvalue weighted by Gasteiger charge is 2.15. The number of aromatic nitrogens is 2. The zero-order valence-corrected chi connectivity index (χ0v) is 15.1. The molecule has 2 aromatic carbocycles. The number of nitrogens with zero attached hydrogens (tertiary/aromatic N) is 2. The summed E-state index contributed by atoms with van der Waals surface area (Å²) in [5.74, 6) is -0.211. The van der Waals surface area contributed by atoms with Gasteiger partial charge >= 0.3 is 0 Å². The van der Waals surface area contributed by atoms with Crippen molar-refractivity contribution in [3.63, 3.8) is 0 Å². The minimum atomic E-state index is -0.211. The topological polar surface area (TPSA) is 72.9 Å². The van der Waals surface area contributed by atoms with Gasteiger partial charge in [-0.15, -0.1) is 0 Å². The van der Waals surface area contributed by atoms with Gasteiger partial charge in [0.2, 0.25) is 0 Å². The Balaban J connectivity index is 1.87. The Morgan fingerprint density at radius 3 is 2.40 bits per heavy atom. The molecule has 0 fully saturated rings. The molecule has 0 saturated heterocycles. The third-order valence-corrected chi connectivity index (χ3v) is 4.45. The van der Waals surface area contributed by atoms with Crippen LogP contribution in [0.5, 0.6) is 0 Å². The van der Waals surface area contributed by atoms with Crippen LogP contribution in [0.2, 0.25) is 5.02 Å². The molecule has 0 unspecified atom stereocenters. The first-order valence-electron chi connectivity index (χ1n) is 7.84. The first-order chi connectivity index (χ1) is 11.9. The van der Waals surface area contributed by atoms with Crippen molar-refractivity contribution < 1.29 is 4.79 Å². The van der Waals surface area contributed by atoms with Gasteiger partial charge in [0, 0.05) is 45.8 Å². The molecule has 1 aromatic heterocycles. The molecular formula is C19H19ClN4O. The van der Waals surface area contributed by atoms with E-state index in [1.807, 2.05) is 37.7 Å². The summed E-state index contributed by atoms with van der Waals surface area (Å²) < 4.78 is 1.83. The van der Waals surface area contributed by atoms with E-state index in [1.54, 1.807) is 30.3 Å². The molecular weight excluding hydrogens is 336 g/mol. The van der Waals surface area contributed by atoms with Crippen LogP contribution in [0.4, 0.5) is 11.4 Å². The molecule has 0 spiro atoms. The van der Waals surface area contributed by atoms with E-state index >= 15 is 0 Å². The van der Waals surface area contributed by atoms with Gasteiger partial charge in [-0.1, -0.05) is 17.7 Å². The average Bonchev–Trinajstić information content (AvgIpc) is 2.81. The van der Waals surface area contributed by atoms with Crippen molar-refractivity contribution in [2.75, 3.05) is 11.1 Å². The monoisotopic (exact) mass is 354 g/mol. The minimum absolute atomic E-state index is 0.211. The van der Waals surface area contributed by atoms with E-state index < -0.39 is 0 Å². The number of hydrogen-bond donors (Lipinski definition) is 2. The van der Waals surface area contributed by atoms with Crippen LogP contribution in [0.25, 0.3) is 11.1 Å². The molecule has 5 nitrogen and oxygen atoms in total. The number of hydrogen-bond acceptors (Lipinski definition) is 3. The molecule has 0 aliphatic rings. The van der Waals surface area contributed by atoms with Crippen LogP contribution in [0, 0.1) is 13.8 Å². The number of carbonyl (C=O) groups excluding carboxylic acids is 1. The second-order valence-electron chi connectivity index (χ2n) is 5.93. The highest BCUT2D eigenvalue weighted by Crippen LogP contribution is 2.33. The number of nitrogens with one attached hydrogen (secondary N) is 1. The summed E-state index contributed by atoms with van der Waals surface area (Å²) in [6.07, 6.45) is 0. The molecule has 0 radical (unpaired) electrons. The maximum atomic E-state index is 12.3. The Kier molecular flexibility index (Phi) is 4.51. The molecule has 25 heavy (non-hydrogen) atoms. The van der Waals surface area contributed by atoms with Crippen LogP contribution in [0.1, 0.15) is 21.7 Å². The Labute approximate surface area is 151 Å². The fourth-order valence-electron chi connectivity index (χ4n) is 2.84. The molecule has 3 aromatic rings. The highest BCUT2D eigenvalue weighted by atomic mass is 35.5. The van der Waals surface area contributed by atoms with Gasteiger partial charge < -0.3 is 11.1 Å². The van der Waals surface area contributed by atoms with Crippen molar-refractivity contribution in [1.29, 1.82) is 0 Å². The third kappa shape index (κ3) is 3.37. The Bertz CT molecular complexity index is 945. The number of benzene rings is 2. The van der Waals surface area contributed by atoms with Crippen molar-refractivity contribution in [2.24, 2.45) is 7.05 Å². The van der Waals surface area contributed by atoms with Crippen molar-refractivity contribution in [3.05, 3.63) is 64.4 Å². The summed E-state index contributed by atoms with van der Waals surface area (Å²) in [4.78, 5) is 12.3. The number of nitrogen functional groups attached to an aromatic ring is 1. The zero-order valence-electron chi connectivity index (χ0n) is 14.3. The fraction of sp³-hybridized carbons (Fsp3) is 0.158. The predicted octanol–water partition coefficient (Wildman–Crippen LogP) is 4.19. The fourth-order valence-corrected chi connectivity index (χ4v) is 2.96. The second-order valence-corrected chi connectivity index (χ2v) is 6.37. The molecule has 0 atom stereocenters. The summed E-state index contributed by atoms with van der Waals surface area (Å²) in [5, 5.41) is 7.87. The molecule has 6 heteroatoms. The maximum absolute atomic E-state index is 12.3. The Morgan fingerprint density at radius 2 is 1.84 bits per heavy atom. The second kappa shape index (κ2) is 6.61. The van der Waals surface area contributed by atoms with Crippen LogP contribution in [-0.2, 0) is 7.05 Å². The van der Waals surface area contributed by atoms with Crippen molar-refractivity contribution in [3.8, 4) is 11.1 Å². The largest absolute Gasteiger partial charge is 0.398 e. The SMILES string of the molecule is Cc1nn(C)c(C)c1-c1ccc(NC(=O)c2ccc(Cl)cc2)cc1N. The molecule has 0 aliphatic carbocycles. The number of nitrogens with two attached hydrogens (primary N) is 1. The summed E-state index contributed by atoms with van der Waals surface area (Å²) in [7, 11) is 1.91. The number of amides is 1. The van der Waals surface area contributed by atoms with Gasteiger partial charge in [0.15, 0.2) is 0 Å². The van der Waals surface area contributed by atoms with Crippen LogP contribution < -0.4 is 11.1 Å². The Morgan fingerprint density at radius 1 is 1.16 bits per heavy atom. The van der Waals surface area contributed by atoms with E-state index in [1.165, 1.54) is 0 Å². The van der Waals surface area contributed by atoms with Crippen LogP contribution >= 0.6 is 11.6 Å². The van der Waals surface area contributed by atoms with E-state index in [-0.39, 0.29) is 5.91 Å². The van der Waals surface area contributed by atoms with E-state index in [4.69, 9.17) is 17.3 Å². The minimum Gasteiger partial charge on any atom is -0.398 e. The number of carbonyl (C=O) groups is 1. The lowest BCUT2D eigenvalue weighted by Crippen LogP contribution is -2.12. The third-order valence-electron chi connectivity index (χ3n) is 4.19. The lowest BCUT2D eigenvalue weighted by atomic mass is 10.0. The summed E-state index contributed by atoms with van der Waals surface area (Å²) in [6.45, 7) is 3.96. The lowest BCUT2D eigenvalue weighted by Gasteiger charge is -2.10. The van der Waals surface area contributed by atoms with Gasteiger partial charge in [0.05, 0.1) is 5.69 Å². The van der Waals surface area contributed by atoms with Gasteiger partial charge in [-0.05, 0) is 50.2 Å². The number of rotatable bonds is 3. The molecule has 3 N–H and O–H groups in total. The number of anilines is 2. The number of aryl methyl sites for hydroxylation is 2. The van der Waals surface area contributed by atoms with E-state index in [0.717, 1.165) is 22.5 Å². The van der Waals surface area contributed by atoms with Crippen LogP contribution in [-0.4, -0.2) is 15.7 Å². The van der Waals surface area contributed by atoms with Crippen LogP contribution in [0.15, 0.2) is 42.5 Å². The quantitative estimate of drug-likeness (QED) is 0.692. The zero-order chi connectivity index (χ0) is 18.1.